The Morgan fingerprint density at radius 2 is 1.71 bits per heavy atom. The molecular formula is C13H22F3NO3S. The van der Waals surface area contributed by atoms with E-state index >= 15 is 0 Å². The largest absolute Gasteiger partial charge is 0.522 e. The molecule has 0 aliphatic rings. The first-order valence-corrected chi connectivity index (χ1v) is 8.19. The topological polar surface area (TPSA) is 59.3 Å². The average molecular weight is 329 g/mol. The van der Waals surface area contributed by atoms with Gasteiger partial charge in [0.2, 0.25) is 0 Å². The lowest BCUT2D eigenvalue weighted by atomic mass is 10.1. The Balaban J connectivity index is 0.000000433. The molecule has 0 atom stereocenters. The van der Waals surface area contributed by atoms with E-state index in [4.69, 9.17) is 13.0 Å². The van der Waals surface area contributed by atoms with Crippen LogP contribution in [-0.2, 0) is 16.7 Å². The van der Waals surface area contributed by atoms with Gasteiger partial charge in [-0.15, -0.1) is 0 Å². The Kier molecular flexibility index (Phi) is 8.65. The van der Waals surface area contributed by atoms with Crippen molar-refractivity contribution >= 4 is 10.1 Å². The van der Waals surface area contributed by atoms with Crippen molar-refractivity contribution in [2.75, 3.05) is 0 Å². The fourth-order valence-electron chi connectivity index (χ4n) is 1.64. The molecule has 1 heterocycles. The van der Waals surface area contributed by atoms with Gasteiger partial charge in [-0.1, -0.05) is 32.6 Å². The molecule has 0 aliphatic heterocycles. The SMILES string of the molecule is CCCCCCCn1cccc1C.O=S(=O)(O)C(F)(F)F. The van der Waals surface area contributed by atoms with Crippen molar-refractivity contribution in [2.24, 2.45) is 0 Å². The summed E-state index contributed by atoms with van der Waals surface area (Å²) < 4.78 is 59.9. The van der Waals surface area contributed by atoms with E-state index in [2.05, 4.69) is 36.7 Å². The van der Waals surface area contributed by atoms with E-state index in [1.807, 2.05) is 0 Å². The fraction of sp³-hybridized carbons (Fsp3) is 0.692. The molecule has 0 unspecified atom stereocenters. The van der Waals surface area contributed by atoms with Gasteiger partial charge in [-0.2, -0.15) is 21.6 Å². The normalized spacial score (nSPS) is 11.9. The number of alkyl halides is 3. The van der Waals surface area contributed by atoms with E-state index in [9.17, 15) is 13.2 Å². The van der Waals surface area contributed by atoms with Crippen LogP contribution in [0.4, 0.5) is 13.2 Å². The third-order valence-corrected chi connectivity index (χ3v) is 3.44. The highest BCUT2D eigenvalue weighted by Gasteiger charge is 2.44. The predicted molar refractivity (Wildman–Crippen MR) is 75.5 cm³/mol. The smallest absolute Gasteiger partial charge is 0.352 e. The van der Waals surface area contributed by atoms with Crippen LogP contribution in [0.1, 0.15) is 44.7 Å². The molecule has 0 amide bonds. The summed E-state index contributed by atoms with van der Waals surface area (Å²) in [4.78, 5) is 0. The van der Waals surface area contributed by atoms with E-state index in [0.717, 1.165) is 0 Å². The van der Waals surface area contributed by atoms with E-state index in [-0.39, 0.29) is 0 Å². The van der Waals surface area contributed by atoms with Gasteiger partial charge in [0.25, 0.3) is 0 Å². The molecule has 124 valence electrons. The van der Waals surface area contributed by atoms with Crippen molar-refractivity contribution < 1.29 is 26.1 Å². The number of halogens is 3. The van der Waals surface area contributed by atoms with Gasteiger partial charge in [0.05, 0.1) is 0 Å². The summed E-state index contributed by atoms with van der Waals surface area (Å²) in [6, 6.07) is 4.30. The van der Waals surface area contributed by atoms with Crippen LogP contribution in [0.3, 0.4) is 0 Å². The van der Waals surface area contributed by atoms with Gasteiger partial charge in [-0.05, 0) is 25.5 Å². The van der Waals surface area contributed by atoms with Crippen LogP contribution in [0.5, 0.6) is 0 Å². The number of hydrogen-bond acceptors (Lipinski definition) is 2. The van der Waals surface area contributed by atoms with Crippen molar-refractivity contribution in [1.82, 2.24) is 4.57 Å². The summed E-state index contributed by atoms with van der Waals surface area (Å²) in [5, 5.41) is 0. The van der Waals surface area contributed by atoms with Gasteiger partial charge >= 0.3 is 15.6 Å². The van der Waals surface area contributed by atoms with E-state index in [1.165, 1.54) is 44.3 Å². The molecule has 1 aromatic rings. The summed E-state index contributed by atoms with van der Waals surface area (Å²) in [5.74, 6) is 0. The van der Waals surface area contributed by atoms with Crippen LogP contribution in [0.15, 0.2) is 18.3 Å². The van der Waals surface area contributed by atoms with Crippen LogP contribution in [0.2, 0.25) is 0 Å². The van der Waals surface area contributed by atoms with Gasteiger partial charge < -0.3 is 4.57 Å². The molecule has 0 aliphatic carbocycles. The molecule has 0 fully saturated rings. The molecule has 1 aromatic heterocycles. The summed E-state index contributed by atoms with van der Waals surface area (Å²) in [6.45, 7) is 5.63. The van der Waals surface area contributed by atoms with Crippen molar-refractivity contribution in [2.45, 2.75) is 58.0 Å². The van der Waals surface area contributed by atoms with Crippen LogP contribution in [-0.4, -0.2) is 23.0 Å². The molecular weight excluding hydrogens is 307 g/mol. The number of unbranched alkanes of at least 4 members (excludes halogenated alkanes) is 4. The third-order valence-electron chi connectivity index (χ3n) is 2.85. The molecule has 8 heteroatoms. The lowest BCUT2D eigenvalue weighted by Crippen LogP contribution is -2.21. The van der Waals surface area contributed by atoms with Crippen molar-refractivity contribution in [3.05, 3.63) is 24.0 Å². The van der Waals surface area contributed by atoms with Crippen LogP contribution in [0.25, 0.3) is 0 Å². The third kappa shape index (κ3) is 8.77. The highest BCUT2D eigenvalue weighted by Crippen LogP contribution is 2.20. The second kappa shape index (κ2) is 9.09. The summed E-state index contributed by atoms with van der Waals surface area (Å²) >= 11 is 0. The maximum atomic E-state index is 10.7. The number of rotatable bonds is 6. The second-order valence-electron chi connectivity index (χ2n) is 4.68. The molecule has 1 rings (SSSR count). The predicted octanol–water partition coefficient (Wildman–Crippen LogP) is 4.16. The Labute approximate surface area is 123 Å². The van der Waals surface area contributed by atoms with Gasteiger partial charge in [0.15, 0.2) is 0 Å². The van der Waals surface area contributed by atoms with E-state index < -0.39 is 15.6 Å². The van der Waals surface area contributed by atoms with E-state index in [1.54, 1.807) is 0 Å². The Morgan fingerprint density at radius 3 is 2.10 bits per heavy atom. The highest BCUT2D eigenvalue weighted by molar-refractivity contribution is 7.86. The lowest BCUT2D eigenvalue weighted by Gasteiger charge is -2.05. The monoisotopic (exact) mass is 329 g/mol. The highest BCUT2D eigenvalue weighted by atomic mass is 32.2. The quantitative estimate of drug-likeness (QED) is 0.484. The van der Waals surface area contributed by atoms with Gasteiger partial charge in [-0.3, -0.25) is 4.55 Å². The van der Waals surface area contributed by atoms with Gasteiger partial charge in [0.1, 0.15) is 0 Å². The van der Waals surface area contributed by atoms with Crippen molar-refractivity contribution in [3.8, 4) is 0 Å². The maximum absolute atomic E-state index is 10.7. The molecule has 0 saturated heterocycles. The number of nitrogens with zero attached hydrogens (tertiary/aromatic N) is 1. The molecule has 0 aromatic carbocycles. The zero-order valence-electron chi connectivity index (χ0n) is 12.2. The molecule has 0 saturated carbocycles. The fourth-order valence-corrected chi connectivity index (χ4v) is 1.64. The maximum Gasteiger partial charge on any atom is 0.522 e. The standard InChI is InChI=1S/C12H21N.CHF3O3S/c1-3-4-5-6-7-10-13-11-8-9-12(13)2;2-1(3,4)8(5,6)7/h8-9,11H,3-7,10H2,1-2H3;(H,5,6,7). The zero-order chi connectivity index (χ0) is 16.5. The number of aromatic nitrogens is 1. The van der Waals surface area contributed by atoms with Crippen LogP contribution in [0, 0.1) is 6.92 Å². The van der Waals surface area contributed by atoms with Crippen LogP contribution < -0.4 is 0 Å². The second-order valence-corrected chi connectivity index (χ2v) is 6.09. The molecule has 21 heavy (non-hydrogen) atoms. The van der Waals surface area contributed by atoms with Crippen LogP contribution >= 0.6 is 0 Å². The van der Waals surface area contributed by atoms with Gasteiger partial charge in [-0.25, -0.2) is 0 Å². The summed E-state index contributed by atoms with van der Waals surface area (Å²) in [6.07, 6.45) is 9.01. The Morgan fingerprint density at radius 1 is 1.19 bits per heavy atom. The average Bonchev–Trinajstić information content (AvgIpc) is 2.73. The Hall–Kier alpha value is -1.02. The molecule has 0 spiro atoms. The first kappa shape index (κ1) is 20.0. The summed E-state index contributed by atoms with van der Waals surface area (Å²) in [5.41, 5.74) is -4.15. The molecule has 0 radical (unpaired) electrons. The zero-order valence-corrected chi connectivity index (χ0v) is 13.0. The minimum atomic E-state index is -5.84. The lowest BCUT2D eigenvalue weighted by molar-refractivity contribution is -0.0510. The molecule has 1 N–H and O–H groups in total. The minimum Gasteiger partial charge on any atom is -0.352 e. The minimum absolute atomic E-state index is 1.20. The van der Waals surface area contributed by atoms with Crippen molar-refractivity contribution in [3.63, 3.8) is 0 Å². The molecule has 4 nitrogen and oxygen atoms in total. The van der Waals surface area contributed by atoms with Gasteiger partial charge in [0, 0.05) is 18.4 Å². The summed E-state index contributed by atoms with van der Waals surface area (Å²) in [7, 11) is -5.84. The first-order chi connectivity index (χ1) is 9.59. The number of hydrogen-bond donors (Lipinski definition) is 1. The van der Waals surface area contributed by atoms with E-state index in [0.29, 0.717) is 0 Å². The molecule has 0 bridgehead atoms. The van der Waals surface area contributed by atoms with Crippen molar-refractivity contribution in [1.29, 1.82) is 0 Å². The first-order valence-electron chi connectivity index (χ1n) is 6.75. The number of aryl methyl sites for hydroxylation is 2. The Bertz CT molecular complexity index is 495.